The van der Waals surface area contributed by atoms with Gasteiger partial charge in [-0.1, -0.05) is 6.07 Å². The zero-order valence-corrected chi connectivity index (χ0v) is 16.2. The summed E-state index contributed by atoms with van der Waals surface area (Å²) in [7, 11) is 1.74. The van der Waals surface area contributed by atoms with Crippen molar-refractivity contribution in [3.63, 3.8) is 0 Å². The fraction of sp³-hybridized carbons (Fsp3) is 0.474. The molecule has 4 heterocycles. The summed E-state index contributed by atoms with van der Waals surface area (Å²) >= 11 is 1.49. The predicted molar refractivity (Wildman–Crippen MR) is 101 cm³/mol. The number of likely N-dealkylation sites (tertiary alicyclic amines) is 1. The maximum Gasteiger partial charge on any atom is 0.251 e. The molecule has 1 fully saturated rings. The molecule has 2 aliphatic heterocycles. The molecule has 0 saturated carbocycles. The topological polar surface area (TPSA) is 75.5 Å². The summed E-state index contributed by atoms with van der Waals surface area (Å²) in [5.41, 5.74) is 3.27. The number of rotatable bonds is 3. The SMILES string of the molecule is CC(=O)N1C[C@H]2C[C@@H](C1)[C@H](C(=O)N(C)Cc1cscn1)n1c2cccc1=O. The van der Waals surface area contributed by atoms with Crippen molar-refractivity contribution < 1.29 is 9.59 Å². The lowest BCUT2D eigenvalue weighted by Gasteiger charge is -2.46. The molecule has 4 rings (SSSR count). The Kier molecular flexibility index (Phi) is 4.59. The van der Waals surface area contributed by atoms with Crippen LogP contribution in [0.3, 0.4) is 0 Å². The summed E-state index contributed by atoms with van der Waals surface area (Å²) in [5, 5.41) is 1.92. The summed E-state index contributed by atoms with van der Waals surface area (Å²) in [6, 6.07) is 4.57. The number of thiazole rings is 1. The van der Waals surface area contributed by atoms with Gasteiger partial charge in [-0.2, -0.15) is 0 Å². The summed E-state index contributed by atoms with van der Waals surface area (Å²) in [6.07, 6.45) is 0.814. The minimum atomic E-state index is -0.587. The largest absolute Gasteiger partial charge is 0.342 e. The highest BCUT2D eigenvalue weighted by Crippen LogP contribution is 2.41. The lowest BCUT2D eigenvalue weighted by Crippen LogP contribution is -2.54. The molecule has 0 radical (unpaired) electrons. The van der Waals surface area contributed by atoms with Gasteiger partial charge in [0.05, 0.1) is 17.7 Å². The van der Waals surface area contributed by atoms with Crippen LogP contribution in [0.4, 0.5) is 0 Å². The third kappa shape index (κ3) is 3.18. The van der Waals surface area contributed by atoms with E-state index in [-0.39, 0.29) is 29.2 Å². The molecular weight excluding hydrogens is 364 g/mol. The van der Waals surface area contributed by atoms with Gasteiger partial charge in [-0.05, 0) is 12.5 Å². The molecule has 27 heavy (non-hydrogen) atoms. The van der Waals surface area contributed by atoms with E-state index in [1.165, 1.54) is 17.4 Å². The molecule has 0 spiro atoms. The van der Waals surface area contributed by atoms with Crippen LogP contribution < -0.4 is 5.56 Å². The number of likely N-dealkylation sites (N-methyl/N-ethyl adjacent to an activating group) is 1. The number of hydrogen-bond donors (Lipinski definition) is 0. The molecule has 0 unspecified atom stereocenters. The van der Waals surface area contributed by atoms with E-state index in [4.69, 9.17) is 0 Å². The lowest BCUT2D eigenvalue weighted by molar-refractivity contribution is -0.141. The first-order valence-electron chi connectivity index (χ1n) is 9.04. The Morgan fingerprint density at radius 2 is 2.15 bits per heavy atom. The van der Waals surface area contributed by atoms with Gasteiger partial charge in [-0.25, -0.2) is 4.98 Å². The predicted octanol–water partition coefficient (Wildman–Crippen LogP) is 1.47. The van der Waals surface area contributed by atoms with Crippen LogP contribution in [0, 0.1) is 5.92 Å². The number of carbonyl (C=O) groups excluding carboxylic acids is 2. The second-order valence-electron chi connectivity index (χ2n) is 7.39. The first-order valence-corrected chi connectivity index (χ1v) is 9.99. The Morgan fingerprint density at radius 1 is 1.33 bits per heavy atom. The fourth-order valence-electron chi connectivity index (χ4n) is 4.37. The minimum Gasteiger partial charge on any atom is -0.342 e. The van der Waals surface area contributed by atoms with Gasteiger partial charge >= 0.3 is 0 Å². The van der Waals surface area contributed by atoms with Crippen molar-refractivity contribution in [2.75, 3.05) is 20.1 Å². The van der Waals surface area contributed by atoms with E-state index in [1.807, 2.05) is 11.4 Å². The van der Waals surface area contributed by atoms with Gasteiger partial charge in [-0.15, -0.1) is 11.3 Å². The summed E-state index contributed by atoms with van der Waals surface area (Å²) in [6.45, 7) is 3.07. The molecular formula is C19H22N4O3S. The second-order valence-corrected chi connectivity index (χ2v) is 8.11. The number of pyridine rings is 1. The van der Waals surface area contributed by atoms with Crippen molar-refractivity contribution in [3.8, 4) is 0 Å². The average Bonchev–Trinajstić information content (AvgIpc) is 3.15. The van der Waals surface area contributed by atoms with Gasteiger partial charge in [0, 0.05) is 56.0 Å². The van der Waals surface area contributed by atoms with Gasteiger partial charge in [0.2, 0.25) is 11.8 Å². The molecule has 0 N–H and O–H groups in total. The molecule has 2 amide bonds. The number of aromatic nitrogens is 2. The zero-order valence-electron chi connectivity index (χ0n) is 15.4. The number of piperidine rings is 1. The Hall–Kier alpha value is -2.48. The number of fused-ring (bicyclic) bond motifs is 4. The summed E-state index contributed by atoms with van der Waals surface area (Å²) in [5.74, 6) is -0.0649. The molecule has 3 atom stereocenters. The molecule has 142 valence electrons. The van der Waals surface area contributed by atoms with Crippen molar-refractivity contribution in [1.29, 1.82) is 0 Å². The van der Waals surface area contributed by atoms with Crippen molar-refractivity contribution in [2.24, 2.45) is 5.92 Å². The average molecular weight is 386 g/mol. The van der Waals surface area contributed by atoms with Crippen molar-refractivity contribution in [2.45, 2.75) is 31.8 Å². The van der Waals surface area contributed by atoms with E-state index >= 15 is 0 Å². The van der Waals surface area contributed by atoms with Crippen LogP contribution >= 0.6 is 11.3 Å². The Labute approximate surface area is 161 Å². The Morgan fingerprint density at radius 3 is 2.85 bits per heavy atom. The van der Waals surface area contributed by atoms with Crippen molar-refractivity contribution >= 4 is 23.2 Å². The number of carbonyl (C=O) groups is 2. The lowest BCUT2D eigenvalue weighted by atomic mass is 9.78. The number of amides is 2. The first kappa shape index (κ1) is 17.9. The molecule has 8 heteroatoms. The van der Waals surface area contributed by atoms with E-state index in [0.29, 0.717) is 19.6 Å². The van der Waals surface area contributed by atoms with Crippen LogP contribution in [0.5, 0.6) is 0 Å². The smallest absolute Gasteiger partial charge is 0.251 e. The molecule has 7 nitrogen and oxygen atoms in total. The third-order valence-electron chi connectivity index (χ3n) is 5.60. The van der Waals surface area contributed by atoms with Crippen molar-refractivity contribution in [3.05, 3.63) is 50.8 Å². The Balaban J connectivity index is 1.72. The van der Waals surface area contributed by atoms with E-state index in [2.05, 4.69) is 4.98 Å². The minimum absolute atomic E-state index is 0.0125. The number of nitrogens with zero attached hydrogens (tertiary/aromatic N) is 4. The van der Waals surface area contributed by atoms with Gasteiger partial charge in [0.15, 0.2) is 0 Å². The summed E-state index contributed by atoms with van der Waals surface area (Å²) in [4.78, 5) is 45.7. The van der Waals surface area contributed by atoms with Gasteiger partial charge in [0.25, 0.3) is 5.56 Å². The van der Waals surface area contributed by atoms with Crippen LogP contribution in [0.15, 0.2) is 33.9 Å². The van der Waals surface area contributed by atoms with E-state index < -0.39 is 6.04 Å². The number of hydrogen-bond acceptors (Lipinski definition) is 5. The van der Waals surface area contributed by atoms with Gasteiger partial charge in [0.1, 0.15) is 6.04 Å². The van der Waals surface area contributed by atoms with Crippen molar-refractivity contribution in [1.82, 2.24) is 19.4 Å². The maximum absolute atomic E-state index is 13.4. The van der Waals surface area contributed by atoms with Gasteiger partial charge < -0.3 is 9.80 Å². The van der Waals surface area contributed by atoms with Crippen LogP contribution in [0.25, 0.3) is 0 Å². The third-order valence-corrected chi connectivity index (χ3v) is 6.24. The highest BCUT2D eigenvalue weighted by Gasteiger charge is 2.45. The van der Waals surface area contributed by atoms with Crippen LogP contribution in [0.2, 0.25) is 0 Å². The second kappa shape index (κ2) is 6.92. The standard InChI is InChI=1S/C19H22N4O3S/c1-12(24)22-7-13-6-14(8-22)18(23-16(13)4-3-5-17(23)25)19(26)21(2)9-15-10-27-11-20-15/h3-5,10-11,13-14,18H,6-9H2,1-2H3/t13-,14+,18-/m1/s1. The Bertz CT molecular complexity index is 923. The molecule has 2 aliphatic rings. The first-order chi connectivity index (χ1) is 13.0. The van der Waals surface area contributed by atoms with E-state index in [1.54, 1.807) is 39.9 Å². The van der Waals surface area contributed by atoms with Crippen LogP contribution in [-0.4, -0.2) is 51.3 Å². The molecule has 2 aromatic heterocycles. The highest BCUT2D eigenvalue weighted by atomic mass is 32.1. The fourth-order valence-corrected chi connectivity index (χ4v) is 4.92. The summed E-state index contributed by atoms with van der Waals surface area (Å²) < 4.78 is 1.66. The van der Waals surface area contributed by atoms with Crippen LogP contribution in [-0.2, 0) is 16.1 Å². The highest BCUT2D eigenvalue weighted by molar-refractivity contribution is 7.07. The molecule has 1 saturated heterocycles. The van der Waals surface area contributed by atoms with Gasteiger partial charge in [-0.3, -0.25) is 19.0 Å². The molecule has 0 aromatic carbocycles. The van der Waals surface area contributed by atoms with E-state index in [9.17, 15) is 14.4 Å². The normalized spacial score (nSPS) is 23.6. The zero-order chi connectivity index (χ0) is 19.1. The van der Waals surface area contributed by atoms with Crippen LogP contribution in [0.1, 0.15) is 36.7 Å². The molecule has 2 bridgehead atoms. The monoisotopic (exact) mass is 386 g/mol. The molecule has 0 aliphatic carbocycles. The van der Waals surface area contributed by atoms with E-state index in [0.717, 1.165) is 17.8 Å². The maximum atomic E-state index is 13.4. The molecule has 2 aromatic rings. The quantitative estimate of drug-likeness (QED) is 0.801.